The fourth-order valence-corrected chi connectivity index (χ4v) is 3.21. The first-order valence-electron chi connectivity index (χ1n) is 8.32. The first-order valence-corrected chi connectivity index (χ1v) is 8.32. The quantitative estimate of drug-likeness (QED) is 0.614. The third-order valence-electron chi connectivity index (χ3n) is 4.70. The van der Waals surface area contributed by atoms with E-state index in [2.05, 4.69) is 28.9 Å². The standard InChI is InChI=1S/C18H22N4O3/c1-14(15-5-3-6-16(13-15)25-2)20-9-11-21(12-10-20)18-17(22(23)24)7-4-8-19-18/h3-8,13-14H,9-12H2,1-2H3. The van der Waals surface area contributed by atoms with Crippen LogP contribution < -0.4 is 9.64 Å². The Morgan fingerprint density at radius 1 is 1.20 bits per heavy atom. The molecule has 1 aliphatic heterocycles. The minimum absolute atomic E-state index is 0.0665. The van der Waals surface area contributed by atoms with E-state index >= 15 is 0 Å². The summed E-state index contributed by atoms with van der Waals surface area (Å²) in [5.41, 5.74) is 1.27. The van der Waals surface area contributed by atoms with E-state index < -0.39 is 0 Å². The highest BCUT2D eigenvalue weighted by Gasteiger charge is 2.27. The van der Waals surface area contributed by atoms with Gasteiger partial charge in [-0.05, 0) is 30.7 Å². The molecule has 1 aliphatic rings. The van der Waals surface area contributed by atoms with E-state index in [1.807, 2.05) is 17.0 Å². The van der Waals surface area contributed by atoms with Crippen molar-refractivity contribution in [3.8, 4) is 5.75 Å². The minimum Gasteiger partial charge on any atom is -0.497 e. The van der Waals surface area contributed by atoms with Crippen LogP contribution >= 0.6 is 0 Å². The van der Waals surface area contributed by atoms with Crippen molar-refractivity contribution in [3.63, 3.8) is 0 Å². The van der Waals surface area contributed by atoms with Crippen molar-refractivity contribution in [2.45, 2.75) is 13.0 Å². The molecule has 1 saturated heterocycles. The minimum atomic E-state index is -0.367. The topological polar surface area (TPSA) is 71.7 Å². The number of ether oxygens (including phenoxy) is 1. The summed E-state index contributed by atoms with van der Waals surface area (Å²) in [6.45, 7) is 5.25. The number of aromatic nitrogens is 1. The van der Waals surface area contributed by atoms with E-state index in [0.717, 1.165) is 18.8 Å². The molecule has 2 aromatic rings. The van der Waals surface area contributed by atoms with Crippen molar-refractivity contribution in [3.05, 3.63) is 58.3 Å². The number of methoxy groups -OCH3 is 1. The molecule has 132 valence electrons. The van der Waals surface area contributed by atoms with Gasteiger partial charge in [0, 0.05) is 44.5 Å². The van der Waals surface area contributed by atoms with E-state index in [9.17, 15) is 10.1 Å². The van der Waals surface area contributed by atoms with Crippen LogP contribution in [0.1, 0.15) is 18.5 Å². The van der Waals surface area contributed by atoms with E-state index in [1.54, 1.807) is 19.4 Å². The summed E-state index contributed by atoms with van der Waals surface area (Å²) in [4.78, 5) is 19.4. The van der Waals surface area contributed by atoms with Crippen LogP contribution in [0.4, 0.5) is 11.5 Å². The summed E-state index contributed by atoms with van der Waals surface area (Å²) in [6.07, 6.45) is 1.60. The van der Waals surface area contributed by atoms with Crippen LogP contribution in [0.2, 0.25) is 0 Å². The highest BCUT2D eigenvalue weighted by molar-refractivity contribution is 5.57. The van der Waals surface area contributed by atoms with Crippen molar-refractivity contribution in [1.29, 1.82) is 0 Å². The SMILES string of the molecule is COc1cccc(C(C)N2CCN(c3ncccc3[N+](=O)[O-])CC2)c1. The maximum Gasteiger partial charge on any atom is 0.311 e. The molecule has 0 radical (unpaired) electrons. The lowest BCUT2D eigenvalue weighted by molar-refractivity contribution is -0.384. The monoisotopic (exact) mass is 342 g/mol. The van der Waals surface area contributed by atoms with Crippen LogP contribution in [0.5, 0.6) is 5.75 Å². The molecule has 0 saturated carbocycles. The fourth-order valence-electron chi connectivity index (χ4n) is 3.21. The first-order chi connectivity index (χ1) is 12.1. The van der Waals surface area contributed by atoms with E-state index in [-0.39, 0.29) is 16.7 Å². The van der Waals surface area contributed by atoms with Crippen molar-refractivity contribution in [2.75, 3.05) is 38.2 Å². The third-order valence-corrected chi connectivity index (χ3v) is 4.70. The number of hydrogen-bond donors (Lipinski definition) is 0. The summed E-state index contributed by atoms with van der Waals surface area (Å²) >= 11 is 0. The smallest absolute Gasteiger partial charge is 0.311 e. The van der Waals surface area contributed by atoms with Gasteiger partial charge in [0.15, 0.2) is 0 Å². The van der Waals surface area contributed by atoms with Crippen molar-refractivity contribution in [2.24, 2.45) is 0 Å². The van der Waals surface area contributed by atoms with Gasteiger partial charge < -0.3 is 9.64 Å². The van der Waals surface area contributed by atoms with Crippen LogP contribution in [-0.2, 0) is 0 Å². The van der Waals surface area contributed by atoms with Gasteiger partial charge in [-0.1, -0.05) is 12.1 Å². The van der Waals surface area contributed by atoms with Gasteiger partial charge in [0.1, 0.15) is 5.75 Å². The average molecular weight is 342 g/mol. The molecule has 0 amide bonds. The van der Waals surface area contributed by atoms with Gasteiger partial charge in [-0.15, -0.1) is 0 Å². The van der Waals surface area contributed by atoms with Gasteiger partial charge >= 0.3 is 5.69 Å². The highest BCUT2D eigenvalue weighted by Crippen LogP contribution is 2.29. The fraction of sp³-hybridized carbons (Fsp3) is 0.389. The molecule has 7 nitrogen and oxygen atoms in total. The molecule has 25 heavy (non-hydrogen) atoms. The van der Waals surface area contributed by atoms with Crippen LogP contribution in [0.25, 0.3) is 0 Å². The molecule has 1 unspecified atom stereocenters. The average Bonchev–Trinajstić information content (AvgIpc) is 2.67. The van der Waals surface area contributed by atoms with Gasteiger partial charge in [0.05, 0.1) is 12.0 Å². The molecule has 0 N–H and O–H groups in total. The molecule has 3 rings (SSSR count). The zero-order valence-electron chi connectivity index (χ0n) is 14.5. The summed E-state index contributed by atoms with van der Waals surface area (Å²) in [6, 6.07) is 11.5. The summed E-state index contributed by atoms with van der Waals surface area (Å²) < 4.78 is 5.30. The van der Waals surface area contributed by atoms with Crippen molar-refractivity contribution >= 4 is 11.5 Å². The number of piperazine rings is 1. The lowest BCUT2D eigenvalue weighted by atomic mass is 10.1. The van der Waals surface area contributed by atoms with Crippen LogP contribution in [-0.4, -0.2) is 48.1 Å². The molecule has 7 heteroatoms. The maximum atomic E-state index is 11.2. The van der Waals surface area contributed by atoms with Gasteiger partial charge in [-0.3, -0.25) is 15.0 Å². The predicted molar refractivity (Wildman–Crippen MR) is 96.1 cm³/mol. The largest absolute Gasteiger partial charge is 0.497 e. The highest BCUT2D eigenvalue weighted by atomic mass is 16.6. The second kappa shape index (κ2) is 7.48. The Balaban J connectivity index is 1.68. The van der Waals surface area contributed by atoms with Crippen LogP contribution in [0.15, 0.2) is 42.6 Å². The molecular formula is C18H22N4O3. The van der Waals surface area contributed by atoms with Crippen molar-refractivity contribution in [1.82, 2.24) is 9.88 Å². The number of hydrogen-bond acceptors (Lipinski definition) is 6. The number of nitrogens with zero attached hydrogens (tertiary/aromatic N) is 4. The van der Waals surface area contributed by atoms with Gasteiger partial charge in [-0.25, -0.2) is 4.98 Å². The second-order valence-electron chi connectivity index (χ2n) is 6.08. The Bertz CT molecular complexity index is 745. The Labute approximate surface area is 147 Å². The first kappa shape index (κ1) is 17.2. The zero-order chi connectivity index (χ0) is 17.8. The predicted octanol–water partition coefficient (Wildman–Crippen LogP) is 2.88. The molecule has 1 aromatic heterocycles. The summed E-state index contributed by atoms with van der Waals surface area (Å²) in [5, 5.41) is 11.2. The lowest BCUT2D eigenvalue weighted by Crippen LogP contribution is -2.47. The second-order valence-corrected chi connectivity index (χ2v) is 6.08. The molecule has 0 aliphatic carbocycles. The number of rotatable bonds is 5. The third kappa shape index (κ3) is 3.71. The molecule has 1 fully saturated rings. The Morgan fingerprint density at radius 2 is 1.96 bits per heavy atom. The van der Waals surface area contributed by atoms with Crippen molar-refractivity contribution < 1.29 is 9.66 Å². The molecule has 1 atom stereocenters. The summed E-state index contributed by atoms with van der Waals surface area (Å²) in [7, 11) is 1.67. The number of nitro groups is 1. The normalized spacial score (nSPS) is 16.5. The molecule has 0 bridgehead atoms. The lowest BCUT2D eigenvalue weighted by Gasteiger charge is -2.38. The Kier molecular flexibility index (Phi) is 5.14. The number of anilines is 1. The molecule has 0 spiro atoms. The van der Waals surface area contributed by atoms with Gasteiger partial charge in [0.25, 0.3) is 0 Å². The van der Waals surface area contributed by atoms with Crippen LogP contribution in [0.3, 0.4) is 0 Å². The molecule has 2 heterocycles. The number of pyridine rings is 1. The van der Waals surface area contributed by atoms with E-state index in [4.69, 9.17) is 4.74 Å². The van der Waals surface area contributed by atoms with Crippen LogP contribution in [0, 0.1) is 10.1 Å². The zero-order valence-corrected chi connectivity index (χ0v) is 14.5. The van der Waals surface area contributed by atoms with E-state index in [1.165, 1.54) is 11.6 Å². The summed E-state index contributed by atoms with van der Waals surface area (Å²) in [5.74, 6) is 1.31. The van der Waals surface area contributed by atoms with Gasteiger partial charge in [-0.2, -0.15) is 0 Å². The Morgan fingerprint density at radius 3 is 2.64 bits per heavy atom. The van der Waals surface area contributed by atoms with Gasteiger partial charge in [0.2, 0.25) is 5.82 Å². The maximum absolute atomic E-state index is 11.2. The molecule has 1 aromatic carbocycles. The molecular weight excluding hydrogens is 320 g/mol. The Hall–Kier alpha value is -2.67. The number of benzene rings is 1. The van der Waals surface area contributed by atoms with E-state index in [0.29, 0.717) is 18.9 Å².